The van der Waals surface area contributed by atoms with Gasteiger partial charge in [0.15, 0.2) is 0 Å². The minimum absolute atomic E-state index is 0.00263. The van der Waals surface area contributed by atoms with Crippen LogP contribution in [0.4, 0.5) is 51.2 Å². The SMILES string of the molecule is CC(C)(C)c1ccc(N(c2ccc(C(C)(C)C)cc2)c2cc3c4c(c2)N(c2ccc5c(sc6ccccc65)c2C(C)(C)C)c2cc5c(cc2B4c2cc4c(cc2N3c2ccc3c(c2)C(C)(C)CCC3(C)C)C(C)(C)CCC4(C)C)C(C)(C)CCC5(C)C)cc1. The zero-order valence-electron chi connectivity index (χ0n) is 57.8. The average molecular weight is 1190 g/mol. The Bertz CT molecular complexity index is 4330. The summed E-state index contributed by atoms with van der Waals surface area (Å²) in [6, 6.07) is 57.1. The van der Waals surface area contributed by atoms with Crippen molar-refractivity contribution in [3.63, 3.8) is 0 Å². The van der Waals surface area contributed by atoms with Crippen LogP contribution in [0.15, 0.2) is 140 Å². The molecule has 0 amide bonds. The first kappa shape index (κ1) is 60.0. The van der Waals surface area contributed by atoms with E-state index in [1.54, 1.807) is 0 Å². The van der Waals surface area contributed by atoms with Crippen LogP contribution in [0.1, 0.15) is 234 Å². The molecule has 9 aromatic rings. The summed E-state index contributed by atoms with van der Waals surface area (Å²) in [5, 5.41) is 2.68. The Kier molecular flexibility index (Phi) is 13.1. The highest BCUT2D eigenvalue weighted by Crippen LogP contribution is 2.57. The fraction of sp³-hybridized carbons (Fsp3) is 0.429. The summed E-state index contributed by atoms with van der Waals surface area (Å²) in [5.41, 5.74) is 28.1. The first-order valence-electron chi connectivity index (χ1n) is 33.7. The van der Waals surface area contributed by atoms with Gasteiger partial charge in [-0.15, -0.1) is 11.3 Å². The quantitative estimate of drug-likeness (QED) is 0.159. The predicted molar refractivity (Wildman–Crippen MR) is 390 cm³/mol. The van der Waals surface area contributed by atoms with Gasteiger partial charge in [0, 0.05) is 60.0 Å². The van der Waals surface area contributed by atoms with E-state index < -0.39 is 0 Å². The molecule has 5 heteroatoms. The fourth-order valence-electron chi connectivity index (χ4n) is 16.8. The van der Waals surface area contributed by atoms with E-state index in [2.05, 4.69) is 300 Å². The first-order valence-corrected chi connectivity index (χ1v) is 34.6. The lowest BCUT2D eigenvalue weighted by atomic mass is 9.32. The van der Waals surface area contributed by atoms with Crippen molar-refractivity contribution in [2.24, 2.45) is 0 Å². The standard InChI is InChI=1S/C84H98BN3S/c1-76(2,3)51-26-30-53(31-27-51)86(54-32-28-52(29-33-54)77(4,5)6)56-45-70-74-71(46-56)88(67-37-35-58-57-24-22-23-25-72(57)89-75(58)73(67)78(7,8)9)69-50-64-62(82(16,17)41-43-84(64,20)21)48-66(69)85(74)65-47-61-63(83(18,19)42-40-81(61,14)15)49-68(65)87(70)55-34-36-59-60(44-55)80(12,13)39-38-79(59,10)11/h22-37,44-50H,38-43H2,1-21H3. The Morgan fingerprint density at radius 2 is 0.798 bits per heavy atom. The van der Waals surface area contributed by atoms with Crippen LogP contribution in [-0.2, 0) is 48.7 Å². The van der Waals surface area contributed by atoms with Crippen molar-refractivity contribution in [1.82, 2.24) is 0 Å². The van der Waals surface area contributed by atoms with Gasteiger partial charge in [0.2, 0.25) is 0 Å². The minimum atomic E-state index is -0.227. The number of hydrogen-bond donors (Lipinski definition) is 0. The van der Waals surface area contributed by atoms with E-state index in [1.165, 1.54) is 127 Å². The fourth-order valence-corrected chi connectivity index (χ4v) is 18.3. The molecule has 3 heterocycles. The number of hydrogen-bond acceptors (Lipinski definition) is 4. The van der Waals surface area contributed by atoms with Crippen molar-refractivity contribution in [2.45, 2.75) is 233 Å². The van der Waals surface area contributed by atoms with Crippen LogP contribution in [-0.4, -0.2) is 6.71 Å². The zero-order valence-corrected chi connectivity index (χ0v) is 58.7. The second-order valence-corrected chi connectivity index (χ2v) is 36.1. The van der Waals surface area contributed by atoms with Gasteiger partial charge in [-0.25, -0.2) is 0 Å². The third-order valence-electron chi connectivity index (χ3n) is 22.8. The Morgan fingerprint density at radius 1 is 0.371 bits per heavy atom. The summed E-state index contributed by atoms with van der Waals surface area (Å²) in [7, 11) is 0. The highest BCUT2D eigenvalue weighted by molar-refractivity contribution is 7.26. The molecule has 0 radical (unpaired) electrons. The van der Waals surface area contributed by atoms with Gasteiger partial charge in [0.25, 0.3) is 6.71 Å². The summed E-state index contributed by atoms with van der Waals surface area (Å²) in [6.45, 7) is 51.4. The largest absolute Gasteiger partial charge is 0.311 e. The molecule has 0 fully saturated rings. The lowest BCUT2D eigenvalue weighted by molar-refractivity contribution is 0.332. The van der Waals surface area contributed by atoms with Crippen LogP contribution in [0.25, 0.3) is 20.2 Å². The molecule has 2 aliphatic heterocycles. The third-order valence-corrected chi connectivity index (χ3v) is 24.1. The summed E-state index contributed by atoms with van der Waals surface area (Å²) in [5.74, 6) is 0. The molecule has 0 unspecified atom stereocenters. The highest BCUT2D eigenvalue weighted by Gasteiger charge is 2.50. The van der Waals surface area contributed by atoms with Gasteiger partial charge in [0.1, 0.15) is 0 Å². The second-order valence-electron chi connectivity index (χ2n) is 35.1. The van der Waals surface area contributed by atoms with Crippen LogP contribution in [0.5, 0.6) is 0 Å². The summed E-state index contributed by atoms with van der Waals surface area (Å²) in [4.78, 5) is 8.18. The van der Waals surface area contributed by atoms with Gasteiger partial charge in [0.05, 0.1) is 11.4 Å². The number of nitrogens with zero attached hydrogens (tertiary/aromatic N) is 3. The molecule has 8 aromatic carbocycles. The summed E-state index contributed by atoms with van der Waals surface area (Å²) in [6.07, 6.45) is 6.92. The van der Waals surface area contributed by atoms with E-state index in [4.69, 9.17) is 0 Å². The van der Waals surface area contributed by atoms with Crippen LogP contribution < -0.4 is 31.1 Å². The van der Waals surface area contributed by atoms with E-state index in [-0.39, 0.29) is 55.4 Å². The first-order chi connectivity index (χ1) is 41.5. The molecule has 89 heavy (non-hydrogen) atoms. The maximum absolute atomic E-state index is 2.81. The number of rotatable bonds is 5. The van der Waals surface area contributed by atoms with Crippen LogP contribution in [0.2, 0.25) is 0 Å². The van der Waals surface area contributed by atoms with Crippen molar-refractivity contribution < 1.29 is 0 Å². The minimum Gasteiger partial charge on any atom is -0.311 e. The van der Waals surface area contributed by atoms with Gasteiger partial charge < -0.3 is 14.7 Å². The van der Waals surface area contributed by atoms with Gasteiger partial charge in [-0.2, -0.15) is 0 Å². The van der Waals surface area contributed by atoms with Gasteiger partial charge in [-0.1, -0.05) is 212 Å². The van der Waals surface area contributed by atoms with Crippen molar-refractivity contribution in [3.8, 4) is 0 Å². The number of fused-ring (bicyclic) bond motifs is 10. The van der Waals surface area contributed by atoms with Gasteiger partial charge >= 0.3 is 0 Å². The van der Waals surface area contributed by atoms with Gasteiger partial charge in [-0.3, -0.25) is 0 Å². The maximum atomic E-state index is 2.81. The molecule has 0 atom stereocenters. The maximum Gasteiger partial charge on any atom is 0.252 e. The molecule has 0 bridgehead atoms. The second kappa shape index (κ2) is 19.5. The van der Waals surface area contributed by atoms with Crippen LogP contribution in [0.3, 0.4) is 0 Å². The molecule has 0 saturated carbocycles. The Balaban J connectivity index is 1.18. The molecule has 458 valence electrons. The molecular formula is C84H98BN3S. The molecule has 0 saturated heterocycles. The van der Waals surface area contributed by atoms with Crippen molar-refractivity contribution in [3.05, 3.63) is 190 Å². The molecular weight excluding hydrogens is 1090 g/mol. The molecule has 3 nitrogen and oxygen atoms in total. The Labute approximate surface area is 539 Å². The van der Waals surface area contributed by atoms with E-state index in [0.29, 0.717) is 0 Å². The van der Waals surface area contributed by atoms with E-state index in [1.807, 2.05) is 11.3 Å². The monoisotopic (exact) mass is 1190 g/mol. The van der Waals surface area contributed by atoms with Crippen LogP contribution in [0, 0.1) is 0 Å². The van der Waals surface area contributed by atoms with Crippen molar-refractivity contribution >= 4 is 106 Å². The molecule has 3 aliphatic carbocycles. The Hall–Kier alpha value is -6.56. The van der Waals surface area contributed by atoms with E-state index >= 15 is 0 Å². The lowest BCUT2D eigenvalue weighted by Crippen LogP contribution is -2.62. The van der Waals surface area contributed by atoms with Crippen molar-refractivity contribution in [1.29, 1.82) is 0 Å². The predicted octanol–water partition coefficient (Wildman–Crippen LogP) is 22.5. The summed E-state index contributed by atoms with van der Waals surface area (Å²) >= 11 is 1.97. The number of thiophene rings is 1. The molecule has 5 aliphatic rings. The van der Waals surface area contributed by atoms with Gasteiger partial charge in [-0.05, 0) is 227 Å². The smallest absolute Gasteiger partial charge is 0.252 e. The topological polar surface area (TPSA) is 9.72 Å². The Morgan fingerprint density at radius 3 is 1.27 bits per heavy atom. The lowest BCUT2D eigenvalue weighted by Gasteiger charge is -2.49. The summed E-state index contributed by atoms with van der Waals surface area (Å²) < 4.78 is 2.72. The zero-order chi connectivity index (χ0) is 63.5. The van der Waals surface area contributed by atoms with Crippen LogP contribution >= 0.6 is 11.3 Å². The molecule has 0 spiro atoms. The van der Waals surface area contributed by atoms with Crippen molar-refractivity contribution in [2.75, 3.05) is 14.7 Å². The normalized spacial score (nSPS) is 19.0. The highest BCUT2D eigenvalue weighted by atomic mass is 32.1. The number of anilines is 9. The molecule has 14 rings (SSSR count). The molecule has 1 aromatic heterocycles. The number of benzene rings is 8. The molecule has 0 N–H and O–H groups in total. The van der Waals surface area contributed by atoms with E-state index in [9.17, 15) is 0 Å². The third kappa shape index (κ3) is 9.43. The average Bonchev–Trinajstić information content (AvgIpc) is 0.777. The van der Waals surface area contributed by atoms with E-state index in [0.717, 1.165) is 49.2 Å².